The van der Waals surface area contributed by atoms with E-state index in [1.54, 1.807) is 0 Å². The lowest BCUT2D eigenvalue weighted by atomic mass is 10.5. The Morgan fingerprint density at radius 3 is 2.67 bits per heavy atom. The van der Waals surface area contributed by atoms with E-state index in [0.29, 0.717) is 0 Å². The van der Waals surface area contributed by atoms with Crippen LogP contribution in [-0.2, 0) is 0 Å². The highest BCUT2D eigenvalue weighted by Gasteiger charge is 2.04. The van der Waals surface area contributed by atoms with Gasteiger partial charge in [0.25, 0.3) is 0 Å². The zero-order valence-corrected chi connectivity index (χ0v) is 4.02. The second kappa shape index (κ2) is 1.37. The summed E-state index contributed by atoms with van der Waals surface area (Å²) < 4.78 is 1.99. The Hall–Kier alpha value is -0.400. The summed E-state index contributed by atoms with van der Waals surface area (Å²) in [5.41, 5.74) is 0. The SMILES string of the molecule is C[N+]1=NCCC1. The van der Waals surface area contributed by atoms with Crippen LogP contribution < -0.4 is 0 Å². The van der Waals surface area contributed by atoms with Crippen molar-refractivity contribution in [1.82, 2.24) is 0 Å². The molecule has 1 heterocycles. The summed E-state index contributed by atoms with van der Waals surface area (Å²) in [5.74, 6) is 0. The zero-order chi connectivity index (χ0) is 4.41. The maximum atomic E-state index is 4.07. The van der Waals surface area contributed by atoms with Crippen LogP contribution in [0.25, 0.3) is 0 Å². The number of rotatable bonds is 0. The molecule has 34 valence electrons. The van der Waals surface area contributed by atoms with Crippen LogP contribution >= 0.6 is 0 Å². The second-order valence-corrected chi connectivity index (χ2v) is 1.60. The summed E-state index contributed by atoms with van der Waals surface area (Å²) in [6, 6.07) is 0. The van der Waals surface area contributed by atoms with Crippen LogP contribution in [0, 0.1) is 0 Å². The van der Waals surface area contributed by atoms with Crippen LogP contribution in [0.15, 0.2) is 5.11 Å². The molecule has 0 atom stereocenters. The summed E-state index contributed by atoms with van der Waals surface area (Å²) in [4.78, 5) is 0. The molecule has 1 aliphatic heterocycles. The molecule has 0 aromatic heterocycles. The van der Waals surface area contributed by atoms with Gasteiger partial charge in [0.05, 0.1) is 0 Å². The summed E-state index contributed by atoms with van der Waals surface area (Å²) in [7, 11) is 2.01. The Kier molecular flexibility index (Phi) is 0.862. The molecule has 1 rings (SSSR count). The molecule has 6 heavy (non-hydrogen) atoms. The van der Waals surface area contributed by atoms with Gasteiger partial charge in [-0.15, -0.1) is 4.70 Å². The molecule has 0 saturated heterocycles. The van der Waals surface area contributed by atoms with E-state index in [-0.39, 0.29) is 0 Å². The molecule has 0 aromatic carbocycles. The minimum Gasteiger partial charge on any atom is -0.130 e. The first-order valence-electron chi connectivity index (χ1n) is 2.28. The molecule has 0 bridgehead atoms. The lowest BCUT2D eigenvalue weighted by molar-refractivity contribution is -0.552. The number of hydrogen-bond acceptors (Lipinski definition) is 1. The molecule has 0 fully saturated rings. The van der Waals surface area contributed by atoms with E-state index in [1.807, 2.05) is 11.7 Å². The van der Waals surface area contributed by atoms with Crippen LogP contribution in [0.3, 0.4) is 0 Å². The minimum atomic E-state index is 1.04. The molecule has 0 aromatic rings. The Balaban J connectivity index is 2.45. The molecular formula is C4H9N2+. The van der Waals surface area contributed by atoms with Crippen molar-refractivity contribution in [2.24, 2.45) is 5.11 Å². The van der Waals surface area contributed by atoms with Gasteiger partial charge >= 0.3 is 0 Å². The first-order chi connectivity index (χ1) is 2.89. The van der Waals surface area contributed by atoms with Gasteiger partial charge in [0.1, 0.15) is 6.54 Å². The van der Waals surface area contributed by atoms with Crippen molar-refractivity contribution in [2.45, 2.75) is 6.42 Å². The van der Waals surface area contributed by atoms with Gasteiger partial charge in [-0.05, 0) is 5.11 Å². The molecule has 2 nitrogen and oxygen atoms in total. The van der Waals surface area contributed by atoms with Crippen LogP contribution in [-0.4, -0.2) is 24.8 Å². The van der Waals surface area contributed by atoms with E-state index in [9.17, 15) is 0 Å². The summed E-state index contributed by atoms with van der Waals surface area (Å²) in [6.45, 7) is 2.19. The van der Waals surface area contributed by atoms with E-state index in [1.165, 1.54) is 6.42 Å². The quantitative estimate of drug-likeness (QED) is 0.380. The second-order valence-electron chi connectivity index (χ2n) is 1.60. The van der Waals surface area contributed by atoms with Crippen LogP contribution in [0.5, 0.6) is 0 Å². The molecule has 0 radical (unpaired) electrons. The van der Waals surface area contributed by atoms with Gasteiger partial charge in [0.2, 0.25) is 0 Å². The number of azo groups is 2. The molecule has 0 spiro atoms. The number of hydrogen-bond donors (Lipinski definition) is 0. The summed E-state index contributed by atoms with van der Waals surface area (Å²) >= 11 is 0. The van der Waals surface area contributed by atoms with Gasteiger partial charge in [-0.3, -0.25) is 0 Å². The Bertz CT molecular complexity index is 75.6. The lowest BCUT2D eigenvalue weighted by Gasteiger charge is -1.72. The first-order valence-corrected chi connectivity index (χ1v) is 2.28. The average Bonchev–Trinajstić information content (AvgIpc) is 1.86. The highest BCUT2D eigenvalue weighted by Crippen LogP contribution is 1.90. The molecule has 0 amide bonds. The third kappa shape index (κ3) is 0.559. The standard InChI is InChI=1S/C4H9N2/c1-6-4-2-3-5-6/h2-4H2,1H3/q+1. The molecular weight excluding hydrogens is 76.1 g/mol. The molecule has 0 N–H and O–H groups in total. The fourth-order valence-electron chi connectivity index (χ4n) is 0.612. The van der Waals surface area contributed by atoms with Crippen molar-refractivity contribution in [3.05, 3.63) is 0 Å². The van der Waals surface area contributed by atoms with E-state index in [0.717, 1.165) is 13.1 Å². The predicted molar refractivity (Wildman–Crippen MR) is 23.0 cm³/mol. The Morgan fingerprint density at radius 1 is 1.67 bits per heavy atom. The Morgan fingerprint density at radius 2 is 2.50 bits per heavy atom. The lowest BCUT2D eigenvalue weighted by Crippen LogP contribution is -1.94. The van der Waals surface area contributed by atoms with E-state index in [2.05, 4.69) is 5.11 Å². The van der Waals surface area contributed by atoms with Crippen molar-refractivity contribution >= 4 is 0 Å². The van der Waals surface area contributed by atoms with Crippen molar-refractivity contribution < 1.29 is 4.70 Å². The van der Waals surface area contributed by atoms with Crippen molar-refractivity contribution in [3.8, 4) is 0 Å². The van der Waals surface area contributed by atoms with Gasteiger partial charge in [0, 0.05) is 6.42 Å². The van der Waals surface area contributed by atoms with Crippen molar-refractivity contribution in [1.29, 1.82) is 0 Å². The van der Waals surface area contributed by atoms with E-state index < -0.39 is 0 Å². The third-order valence-corrected chi connectivity index (χ3v) is 0.981. The van der Waals surface area contributed by atoms with Gasteiger partial charge < -0.3 is 0 Å². The maximum Gasteiger partial charge on any atom is 0.169 e. The topological polar surface area (TPSA) is 15.4 Å². The van der Waals surface area contributed by atoms with Crippen molar-refractivity contribution in [3.63, 3.8) is 0 Å². The van der Waals surface area contributed by atoms with E-state index >= 15 is 0 Å². The third-order valence-electron chi connectivity index (χ3n) is 0.981. The van der Waals surface area contributed by atoms with Gasteiger partial charge in [0.15, 0.2) is 13.6 Å². The smallest absolute Gasteiger partial charge is 0.130 e. The Labute approximate surface area is 37.5 Å². The predicted octanol–water partition coefficient (Wildman–Crippen LogP) is 0.485. The van der Waals surface area contributed by atoms with Crippen LogP contribution in [0.4, 0.5) is 0 Å². The van der Waals surface area contributed by atoms with Gasteiger partial charge in [-0.1, -0.05) is 0 Å². The summed E-state index contributed by atoms with van der Waals surface area (Å²) in [5, 5.41) is 4.07. The van der Waals surface area contributed by atoms with Crippen LogP contribution in [0.1, 0.15) is 6.42 Å². The number of nitrogens with zero attached hydrogens (tertiary/aromatic N) is 2. The molecule has 0 aliphatic carbocycles. The molecule has 0 saturated carbocycles. The van der Waals surface area contributed by atoms with E-state index in [4.69, 9.17) is 0 Å². The molecule has 1 aliphatic rings. The normalized spacial score (nSPS) is 21.2. The molecule has 2 heteroatoms. The highest BCUT2D eigenvalue weighted by atomic mass is 15.3. The zero-order valence-electron chi connectivity index (χ0n) is 4.02. The highest BCUT2D eigenvalue weighted by molar-refractivity contribution is 4.38. The molecule has 0 unspecified atom stereocenters. The fraction of sp³-hybridized carbons (Fsp3) is 1.00. The average molecular weight is 85.1 g/mol. The first kappa shape index (κ1) is 3.78. The summed E-state index contributed by atoms with van der Waals surface area (Å²) in [6.07, 6.45) is 1.25. The van der Waals surface area contributed by atoms with Crippen molar-refractivity contribution in [2.75, 3.05) is 20.1 Å². The fourth-order valence-corrected chi connectivity index (χ4v) is 0.612. The van der Waals surface area contributed by atoms with Gasteiger partial charge in [-0.2, -0.15) is 0 Å². The largest absolute Gasteiger partial charge is 0.169 e. The van der Waals surface area contributed by atoms with Gasteiger partial charge in [-0.25, -0.2) is 0 Å². The van der Waals surface area contributed by atoms with Crippen LogP contribution in [0.2, 0.25) is 0 Å². The minimum absolute atomic E-state index is 1.04. The maximum absolute atomic E-state index is 4.07. The monoisotopic (exact) mass is 85.1 g/mol.